The molecule has 6 heteroatoms. The van der Waals surface area contributed by atoms with Crippen molar-refractivity contribution in [3.63, 3.8) is 0 Å². The standard InChI is InChI=1S/C22H27N3O3/c23-22(28)19(16-21(27)24-15-14-18-10-5-2-6-11-18)25-20(26)13-7-12-17-8-3-1-4-9-17/h1-6,8-11,19H,7,12-16H2,(H2,23,28)(H,24,27)(H,25,26)/t19-/m1/s1. The van der Waals surface area contributed by atoms with Crippen LogP contribution in [0.1, 0.15) is 30.4 Å². The SMILES string of the molecule is NC(=O)[C@@H](CC(=O)NCCc1ccccc1)NC(=O)CCCc1ccccc1. The van der Waals surface area contributed by atoms with Gasteiger partial charge in [-0.15, -0.1) is 0 Å². The second kappa shape index (κ2) is 11.5. The van der Waals surface area contributed by atoms with Crippen LogP contribution in [0, 0.1) is 0 Å². The van der Waals surface area contributed by atoms with Crippen molar-refractivity contribution in [1.82, 2.24) is 10.6 Å². The van der Waals surface area contributed by atoms with E-state index in [1.54, 1.807) is 0 Å². The predicted octanol–water partition coefficient (Wildman–Crippen LogP) is 1.73. The molecule has 6 nitrogen and oxygen atoms in total. The van der Waals surface area contributed by atoms with Gasteiger partial charge in [0.1, 0.15) is 6.04 Å². The number of hydrogen-bond acceptors (Lipinski definition) is 3. The average Bonchev–Trinajstić information content (AvgIpc) is 2.69. The van der Waals surface area contributed by atoms with Crippen LogP contribution in [0.5, 0.6) is 0 Å². The van der Waals surface area contributed by atoms with Crippen LogP contribution in [0.25, 0.3) is 0 Å². The number of hydrogen-bond donors (Lipinski definition) is 3. The fraction of sp³-hybridized carbons (Fsp3) is 0.318. The van der Waals surface area contributed by atoms with E-state index in [1.165, 1.54) is 0 Å². The van der Waals surface area contributed by atoms with Crippen molar-refractivity contribution < 1.29 is 14.4 Å². The van der Waals surface area contributed by atoms with Gasteiger partial charge in [0.15, 0.2) is 0 Å². The molecule has 0 saturated carbocycles. The number of amides is 3. The molecule has 0 heterocycles. The van der Waals surface area contributed by atoms with Crippen LogP contribution in [0.4, 0.5) is 0 Å². The molecule has 0 aromatic heterocycles. The molecule has 0 aliphatic rings. The zero-order valence-corrected chi connectivity index (χ0v) is 15.9. The summed E-state index contributed by atoms with van der Waals surface area (Å²) in [6.45, 7) is 0.458. The number of rotatable bonds is 11. The molecular formula is C22H27N3O3. The molecule has 2 aromatic carbocycles. The van der Waals surface area contributed by atoms with Crippen molar-refractivity contribution in [3.8, 4) is 0 Å². The normalized spacial score (nSPS) is 11.4. The summed E-state index contributed by atoms with van der Waals surface area (Å²) in [4.78, 5) is 35.7. The first kappa shape index (κ1) is 21.2. The lowest BCUT2D eigenvalue weighted by Gasteiger charge is -2.15. The molecule has 0 spiro atoms. The number of carbonyl (C=O) groups excluding carboxylic acids is 3. The Kier molecular flexibility index (Phi) is 8.72. The van der Waals surface area contributed by atoms with Crippen LogP contribution in [0.3, 0.4) is 0 Å². The molecule has 0 bridgehead atoms. The Balaban J connectivity index is 1.70. The highest BCUT2D eigenvalue weighted by Gasteiger charge is 2.21. The van der Waals surface area contributed by atoms with Gasteiger partial charge in [-0.05, 0) is 30.4 Å². The van der Waals surface area contributed by atoms with Crippen LogP contribution in [0.15, 0.2) is 60.7 Å². The Morgan fingerprint density at radius 2 is 1.39 bits per heavy atom. The summed E-state index contributed by atoms with van der Waals surface area (Å²) >= 11 is 0. The number of nitrogens with two attached hydrogens (primary N) is 1. The van der Waals surface area contributed by atoms with E-state index in [-0.39, 0.29) is 24.7 Å². The Bertz CT molecular complexity index is 704. The van der Waals surface area contributed by atoms with Crippen LogP contribution in [0.2, 0.25) is 0 Å². The molecule has 2 rings (SSSR count). The van der Waals surface area contributed by atoms with Gasteiger partial charge < -0.3 is 16.4 Å². The lowest BCUT2D eigenvalue weighted by atomic mass is 10.1. The maximum Gasteiger partial charge on any atom is 0.240 e. The van der Waals surface area contributed by atoms with Crippen molar-refractivity contribution >= 4 is 17.7 Å². The smallest absolute Gasteiger partial charge is 0.240 e. The Hall–Kier alpha value is -3.15. The van der Waals surface area contributed by atoms with E-state index < -0.39 is 11.9 Å². The van der Waals surface area contributed by atoms with Crippen molar-refractivity contribution in [3.05, 3.63) is 71.8 Å². The van der Waals surface area contributed by atoms with Gasteiger partial charge in [-0.3, -0.25) is 14.4 Å². The first-order valence-electron chi connectivity index (χ1n) is 9.48. The van der Waals surface area contributed by atoms with E-state index in [0.717, 1.165) is 17.5 Å². The third-order valence-electron chi connectivity index (χ3n) is 4.36. The van der Waals surface area contributed by atoms with Crippen molar-refractivity contribution in [2.45, 2.75) is 38.1 Å². The molecule has 0 aliphatic carbocycles. The summed E-state index contributed by atoms with van der Waals surface area (Å²) in [5, 5.41) is 5.32. The highest BCUT2D eigenvalue weighted by atomic mass is 16.2. The summed E-state index contributed by atoms with van der Waals surface area (Å²) in [6.07, 6.45) is 2.24. The van der Waals surface area contributed by atoms with Gasteiger partial charge in [-0.1, -0.05) is 60.7 Å². The van der Waals surface area contributed by atoms with E-state index >= 15 is 0 Å². The number of aryl methyl sites for hydroxylation is 1. The maximum atomic E-state index is 12.1. The summed E-state index contributed by atoms with van der Waals surface area (Å²) in [6, 6.07) is 18.6. The van der Waals surface area contributed by atoms with Crippen LogP contribution < -0.4 is 16.4 Å². The van der Waals surface area contributed by atoms with Gasteiger partial charge >= 0.3 is 0 Å². The molecule has 0 radical (unpaired) electrons. The average molecular weight is 381 g/mol. The third-order valence-corrected chi connectivity index (χ3v) is 4.36. The largest absolute Gasteiger partial charge is 0.368 e. The highest BCUT2D eigenvalue weighted by Crippen LogP contribution is 2.05. The third kappa shape index (κ3) is 8.03. The van der Waals surface area contributed by atoms with Gasteiger partial charge in [-0.25, -0.2) is 0 Å². The zero-order valence-electron chi connectivity index (χ0n) is 15.9. The van der Waals surface area contributed by atoms with E-state index in [2.05, 4.69) is 10.6 Å². The summed E-state index contributed by atoms with van der Waals surface area (Å²) in [5.74, 6) is -1.31. The minimum Gasteiger partial charge on any atom is -0.368 e. The van der Waals surface area contributed by atoms with Crippen molar-refractivity contribution in [1.29, 1.82) is 0 Å². The van der Waals surface area contributed by atoms with Crippen LogP contribution in [-0.4, -0.2) is 30.3 Å². The number of benzene rings is 2. The molecule has 0 aliphatic heterocycles. The number of nitrogens with one attached hydrogen (secondary N) is 2. The molecule has 28 heavy (non-hydrogen) atoms. The van der Waals surface area contributed by atoms with Gasteiger partial charge in [0, 0.05) is 13.0 Å². The molecule has 148 valence electrons. The van der Waals surface area contributed by atoms with E-state index in [1.807, 2.05) is 60.7 Å². The topological polar surface area (TPSA) is 101 Å². The molecular weight excluding hydrogens is 354 g/mol. The van der Waals surface area contributed by atoms with E-state index in [0.29, 0.717) is 19.4 Å². The van der Waals surface area contributed by atoms with E-state index in [4.69, 9.17) is 5.73 Å². The van der Waals surface area contributed by atoms with Crippen molar-refractivity contribution in [2.24, 2.45) is 5.73 Å². The number of carbonyl (C=O) groups is 3. The van der Waals surface area contributed by atoms with Gasteiger partial charge in [0.05, 0.1) is 6.42 Å². The fourth-order valence-electron chi connectivity index (χ4n) is 2.84. The quantitative estimate of drug-likeness (QED) is 0.552. The monoisotopic (exact) mass is 381 g/mol. The molecule has 0 unspecified atom stereocenters. The van der Waals surface area contributed by atoms with E-state index in [9.17, 15) is 14.4 Å². The van der Waals surface area contributed by atoms with Crippen LogP contribution in [-0.2, 0) is 27.2 Å². The molecule has 0 fully saturated rings. The Morgan fingerprint density at radius 1 is 0.821 bits per heavy atom. The van der Waals surface area contributed by atoms with Crippen LogP contribution >= 0.6 is 0 Å². The Labute approximate surface area is 165 Å². The summed E-state index contributed by atoms with van der Waals surface area (Å²) in [5.41, 5.74) is 7.60. The van der Waals surface area contributed by atoms with Gasteiger partial charge in [0.2, 0.25) is 17.7 Å². The Morgan fingerprint density at radius 3 is 1.96 bits per heavy atom. The second-order valence-electron chi connectivity index (χ2n) is 6.65. The first-order chi connectivity index (χ1) is 13.5. The molecule has 2 aromatic rings. The summed E-state index contributed by atoms with van der Waals surface area (Å²) in [7, 11) is 0. The lowest BCUT2D eigenvalue weighted by Crippen LogP contribution is -2.47. The van der Waals surface area contributed by atoms with Gasteiger partial charge in [0.25, 0.3) is 0 Å². The highest BCUT2D eigenvalue weighted by molar-refractivity contribution is 5.91. The minimum atomic E-state index is -0.999. The first-order valence-corrected chi connectivity index (χ1v) is 9.48. The number of primary amides is 1. The molecule has 1 atom stereocenters. The lowest BCUT2D eigenvalue weighted by molar-refractivity contribution is -0.130. The minimum absolute atomic E-state index is 0.158. The fourth-order valence-corrected chi connectivity index (χ4v) is 2.84. The molecule has 4 N–H and O–H groups in total. The second-order valence-corrected chi connectivity index (χ2v) is 6.65. The molecule has 0 saturated heterocycles. The predicted molar refractivity (Wildman–Crippen MR) is 108 cm³/mol. The maximum absolute atomic E-state index is 12.1. The zero-order chi connectivity index (χ0) is 20.2. The molecule has 3 amide bonds. The van der Waals surface area contributed by atoms with Crippen molar-refractivity contribution in [2.75, 3.05) is 6.54 Å². The van der Waals surface area contributed by atoms with Gasteiger partial charge in [-0.2, -0.15) is 0 Å². The summed E-state index contributed by atoms with van der Waals surface area (Å²) < 4.78 is 0.